The van der Waals surface area contributed by atoms with Gasteiger partial charge in [0.2, 0.25) is 0 Å². The van der Waals surface area contributed by atoms with Crippen molar-refractivity contribution in [1.82, 2.24) is 0 Å². The lowest BCUT2D eigenvalue weighted by Crippen LogP contribution is -1.72. The zero-order valence-corrected chi connectivity index (χ0v) is 6.99. The maximum Gasteiger partial charge on any atom is 0.0992 e. The van der Waals surface area contributed by atoms with Gasteiger partial charge in [-0.2, -0.15) is 5.26 Å². The van der Waals surface area contributed by atoms with Crippen LogP contribution in [0, 0.1) is 11.3 Å². The predicted octanol–water partition coefficient (Wildman–Crippen LogP) is 2.67. The number of hydrogen-bond acceptors (Lipinski definition) is 2. The molecule has 0 N–H and O–H groups in total. The van der Waals surface area contributed by atoms with Gasteiger partial charge in [-0.3, -0.25) is 4.99 Å². The third-order valence-corrected chi connectivity index (χ3v) is 1.40. The molecular weight excluding hydrogens is 148 g/mol. The average molecular weight is 158 g/mol. The minimum atomic E-state index is 0.653. The molecule has 1 rings (SSSR count). The number of hydrogen-bond donors (Lipinski definition) is 0. The van der Waals surface area contributed by atoms with E-state index in [1.54, 1.807) is 12.1 Å². The molecule has 0 spiro atoms. The number of nitriles is 1. The van der Waals surface area contributed by atoms with Gasteiger partial charge in [-0.1, -0.05) is 13.0 Å². The molecule has 0 aliphatic carbocycles. The highest BCUT2D eigenvalue weighted by Crippen LogP contribution is 2.12. The summed E-state index contributed by atoms with van der Waals surface area (Å²) in [6.07, 6.45) is 2.74. The highest BCUT2D eigenvalue weighted by molar-refractivity contribution is 5.63. The van der Waals surface area contributed by atoms with Crippen molar-refractivity contribution in [3.8, 4) is 6.07 Å². The van der Waals surface area contributed by atoms with Crippen molar-refractivity contribution in [1.29, 1.82) is 5.26 Å². The van der Waals surface area contributed by atoms with E-state index in [-0.39, 0.29) is 0 Å². The second kappa shape index (κ2) is 4.30. The molecule has 0 saturated heterocycles. The topological polar surface area (TPSA) is 36.1 Å². The van der Waals surface area contributed by atoms with E-state index in [0.717, 1.165) is 12.1 Å². The van der Waals surface area contributed by atoms with E-state index >= 15 is 0 Å². The van der Waals surface area contributed by atoms with Crippen LogP contribution in [0.15, 0.2) is 29.3 Å². The number of benzene rings is 1. The first-order valence-corrected chi connectivity index (χ1v) is 3.89. The van der Waals surface area contributed by atoms with Crippen molar-refractivity contribution in [2.24, 2.45) is 4.99 Å². The van der Waals surface area contributed by atoms with Crippen LogP contribution in [-0.2, 0) is 0 Å². The normalized spacial score (nSPS) is 10.0. The van der Waals surface area contributed by atoms with Crippen LogP contribution >= 0.6 is 0 Å². The van der Waals surface area contributed by atoms with E-state index in [0.29, 0.717) is 5.56 Å². The van der Waals surface area contributed by atoms with Gasteiger partial charge in [0.15, 0.2) is 0 Å². The van der Waals surface area contributed by atoms with Crippen LogP contribution in [0.1, 0.15) is 18.9 Å². The highest BCUT2D eigenvalue weighted by Gasteiger charge is 1.90. The SMILES string of the molecule is CCC=Nc1cccc(C#N)c1. The van der Waals surface area contributed by atoms with E-state index in [9.17, 15) is 0 Å². The molecule has 0 bridgehead atoms. The maximum atomic E-state index is 8.59. The van der Waals surface area contributed by atoms with Crippen molar-refractivity contribution in [3.05, 3.63) is 29.8 Å². The van der Waals surface area contributed by atoms with Crippen molar-refractivity contribution >= 4 is 11.9 Å². The summed E-state index contributed by atoms with van der Waals surface area (Å²) in [5.74, 6) is 0. The highest BCUT2D eigenvalue weighted by atomic mass is 14.7. The van der Waals surface area contributed by atoms with E-state index in [4.69, 9.17) is 5.26 Å². The molecule has 0 unspecified atom stereocenters. The Labute approximate surface area is 72.2 Å². The first-order chi connectivity index (χ1) is 5.86. The van der Waals surface area contributed by atoms with Crippen LogP contribution in [-0.4, -0.2) is 6.21 Å². The Morgan fingerprint density at radius 3 is 3.08 bits per heavy atom. The molecule has 1 aromatic carbocycles. The van der Waals surface area contributed by atoms with Crippen LogP contribution in [0.2, 0.25) is 0 Å². The fraction of sp³-hybridized carbons (Fsp3) is 0.200. The first-order valence-electron chi connectivity index (χ1n) is 3.89. The van der Waals surface area contributed by atoms with Gasteiger partial charge in [-0.15, -0.1) is 0 Å². The predicted molar refractivity (Wildman–Crippen MR) is 49.6 cm³/mol. The summed E-state index contributed by atoms with van der Waals surface area (Å²) in [5.41, 5.74) is 1.50. The van der Waals surface area contributed by atoms with Gasteiger partial charge >= 0.3 is 0 Å². The van der Waals surface area contributed by atoms with Crippen molar-refractivity contribution in [2.45, 2.75) is 13.3 Å². The molecule has 0 amide bonds. The monoisotopic (exact) mass is 158 g/mol. The van der Waals surface area contributed by atoms with Crippen LogP contribution in [0.5, 0.6) is 0 Å². The fourth-order valence-corrected chi connectivity index (χ4v) is 0.852. The Morgan fingerprint density at radius 2 is 2.42 bits per heavy atom. The third kappa shape index (κ3) is 2.21. The van der Waals surface area contributed by atoms with Crippen molar-refractivity contribution in [3.63, 3.8) is 0 Å². The first kappa shape index (κ1) is 8.48. The second-order valence-corrected chi connectivity index (χ2v) is 2.38. The Hall–Kier alpha value is -1.62. The van der Waals surface area contributed by atoms with Gasteiger partial charge in [0.25, 0.3) is 0 Å². The Balaban J connectivity index is 2.88. The minimum absolute atomic E-state index is 0.653. The number of aliphatic imine (C=N–C) groups is 1. The molecule has 1 aromatic rings. The van der Waals surface area contributed by atoms with Crippen LogP contribution in [0.3, 0.4) is 0 Å². The lowest BCUT2D eigenvalue weighted by atomic mass is 10.2. The van der Waals surface area contributed by atoms with E-state index in [1.807, 2.05) is 25.3 Å². The van der Waals surface area contributed by atoms with E-state index in [1.165, 1.54) is 0 Å². The quantitative estimate of drug-likeness (QED) is 0.609. The van der Waals surface area contributed by atoms with Gasteiger partial charge in [-0.05, 0) is 24.6 Å². The zero-order chi connectivity index (χ0) is 8.81. The Morgan fingerprint density at radius 1 is 1.58 bits per heavy atom. The maximum absolute atomic E-state index is 8.59. The molecule has 0 atom stereocenters. The van der Waals surface area contributed by atoms with Gasteiger partial charge in [0.05, 0.1) is 17.3 Å². The molecule has 2 heteroatoms. The molecule has 2 nitrogen and oxygen atoms in total. The molecule has 60 valence electrons. The number of rotatable bonds is 2. The summed E-state index contributed by atoms with van der Waals surface area (Å²) < 4.78 is 0. The molecule has 0 aromatic heterocycles. The Kier molecular flexibility index (Phi) is 3.04. The summed E-state index contributed by atoms with van der Waals surface area (Å²) in [6.45, 7) is 2.03. The van der Waals surface area contributed by atoms with Crippen LogP contribution < -0.4 is 0 Å². The average Bonchev–Trinajstić information content (AvgIpc) is 2.15. The van der Waals surface area contributed by atoms with Crippen LogP contribution in [0.4, 0.5) is 5.69 Å². The van der Waals surface area contributed by atoms with E-state index < -0.39 is 0 Å². The summed E-state index contributed by atoms with van der Waals surface area (Å²) >= 11 is 0. The molecule has 0 heterocycles. The molecule has 0 fully saturated rings. The summed E-state index contributed by atoms with van der Waals surface area (Å²) in [6, 6.07) is 9.32. The Bertz CT molecular complexity index is 321. The lowest BCUT2D eigenvalue weighted by molar-refractivity contribution is 1.31. The molecule has 0 saturated carbocycles. The summed E-state index contributed by atoms with van der Waals surface area (Å²) in [7, 11) is 0. The molecule has 12 heavy (non-hydrogen) atoms. The lowest BCUT2D eigenvalue weighted by Gasteiger charge is -1.91. The summed E-state index contributed by atoms with van der Waals surface area (Å²) in [4.78, 5) is 4.16. The zero-order valence-electron chi connectivity index (χ0n) is 6.99. The molecule has 0 aliphatic rings. The smallest absolute Gasteiger partial charge is 0.0992 e. The third-order valence-electron chi connectivity index (χ3n) is 1.40. The molecule has 0 aliphatic heterocycles. The van der Waals surface area contributed by atoms with Crippen molar-refractivity contribution in [2.75, 3.05) is 0 Å². The standard InChI is InChI=1S/C10H10N2/c1-2-6-12-10-5-3-4-9(7-10)8-11/h3-7H,2H2,1H3. The number of nitrogens with zero attached hydrogens (tertiary/aromatic N) is 2. The van der Waals surface area contributed by atoms with Gasteiger partial charge < -0.3 is 0 Å². The minimum Gasteiger partial charge on any atom is -0.261 e. The molecule has 0 radical (unpaired) electrons. The van der Waals surface area contributed by atoms with E-state index in [2.05, 4.69) is 11.1 Å². The summed E-state index contributed by atoms with van der Waals surface area (Å²) in [5, 5.41) is 8.59. The molecular formula is C10H10N2. The van der Waals surface area contributed by atoms with Crippen LogP contribution in [0.25, 0.3) is 0 Å². The van der Waals surface area contributed by atoms with Gasteiger partial charge in [0, 0.05) is 6.21 Å². The van der Waals surface area contributed by atoms with Gasteiger partial charge in [-0.25, -0.2) is 0 Å². The fourth-order valence-electron chi connectivity index (χ4n) is 0.852. The second-order valence-electron chi connectivity index (χ2n) is 2.38. The van der Waals surface area contributed by atoms with Crippen molar-refractivity contribution < 1.29 is 0 Å². The largest absolute Gasteiger partial charge is 0.261 e. The van der Waals surface area contributed by atoms with Gasteiger partial charge in [0.1, 0.15) is 0 Å².